The predicted octanol–water partition coefficient (Wildman–Crippen LogP) is 3.57. The molecule has 4 rings (SSSR count). The fourth-order valence-corrected chi connectivity index (χ4v) is 9.62. The van der Waals surface area contributed by atoms with E-state index in [2.05, 4.69) is 29.1 Å². The van der Waals surface area contributed by atoms with Crippen LogP contribution in [0.15, 0.2) is 49.6 Å². The summed E-state index contributed by atoms with van der Waals surface area (Å²) in [6, 6.07) is 5.67. The van der Waals surface area contributed by atoms with E-state index in [1.54, 1.807) is 67.1 Å². The highest BCUT2D eigenvalue weighted by Crippen LogP contribution is 2.68. The first-order valence-electron chi connectivity index (χ1n) is 12.8. The van der Waals surface area contributed by atoms with Crippen molar-refractivity contribution in [1.82, 2.24) is 4.90 Å². The first kappa shape index (κ1) is 28.7. The van der Waals surface area contributed by atoms with Crippen LogP contribution in [-0.2, 0) is 19.1 Å². The summed E-state index contributed by atoms with van der Waals surface area (Å²) in [5, 5.41) is 9.90. The van der Waals surface area contributed by atoms with E-state index in [4.69, 9.17) is 9.47 Å². The number of hydrogen-bond acceptors (Lipinski definition) is 7. The number of carbonyl (C=O) groups is 3. The Bertz CT molecular complexity index is 1080. The molecule has 10 heteroatoms. The van der Waals surface area contributed by atoms with Gasteiger partial charge in [0.15, 0.2) is 0 Å². The summed E-state index contributed by atoms with van der Waals surface area (Å²) < 4.78 is 10.1. The average molecular weight is 608 g/mol. The largest absolute Gasteiger partial charge is 0.497 e. The normalized spacial score (nSPS) is 30.1. The Balaban J connectivity index is 1.73. The summed E-state index contributed by atoms with van der Waals surface area (Å²) in [5.41, 5.74) is 0.644. The number of aliphatic hydroxyl groups is 1. The van der Waals surface area contributed by atoms with Crippen LogP contribution in [0.4, 0.5) is 5.69 Å². The van der Waals surface area contributed by atoms with Gasteiger partial charge in [-0.3, -0.25) is 14.4 Å². The van der Waals surface area contributed by atoms with Crippen molar-refractivity contribution < 1.29 is 29.0 Å². The lowest BCUT2D eigenvalue weighted by atomic mass is 9.71. The third-order valence-electron chi connectivity index (χ3n) is 7.73. The minimum Gasteiger partial charge on any atom is -0.497 e. The SMILES string of the molecule is C=CCCCOC(=O)[C@H]1[C@@H]2SC3(CC2Br)C(C(=O)N(CC=C)c2ccc(OC)cc2)N([C@H](C)CO)C(=O)[C@H]13. The van der Waals surface area contributed by atoms with E-state index in [9.17, 15) is 19.5 Å². The molecule has 2 bridgehead atoms. The van der Waals surface area contributed by atoms with Gasteiger partial charge in [-0.2, -0.15) is 0 Å². The first-order chi connectivity index (χ1) is 18.2. The van der Waals surface area contributed by atoms with Gasteiger partial charge in [-0.15, -0.1) is 24.9 Å². The standard InChI is InChI=1S/C28H35BrN2O6S/c1-5-7-8-14-37-27(35)21-22-25(33)31(17(3)16-32)24(28(22)15-20(29)23(21)38-28)26(34)30(13-6-2)18-9-11-19(36-4)12-10-18/h5-6,9-12,17,20-24,32H,1-2,7-8,13-16H2,3-4H3/t17-,20?,21-,22+,23-,24?,28?/m1/s1. The van der Waals surface area contributed by atoms with Gasteiger partial charge in [0.2, 0.25) is 5.91 Å². The van der Waals surface area contributed by atoms with Crippen LogP contribution in [0.5, 0.6) is 5.75 Å². The van der Waals surface area contributed by atoms with Gasteiger partial charge < -0.3 is 24.4 Å². The number of allylic oxidation sites excluding steroid dienone is 1. The molecule has 3 aliphatic rings. The van der Waals surface area contributed by atoms with E-state index < -0.39 is 34.6 Å². The molecule has 1 aromatic carbocycles. The molecule has 0 aromatic heterocycles. The Kier molecular flexibility index (Phi) is 8.94. The summed E-state index contributed by atoms with van der Waals surface area (Å²) in [4.78, 5) is 44.9. The molecular formula is C28H35BrN2O6S. The van der Waals surface area contributed by atoms with Crippen molar-refractivity contribution in [1.29, 1.82) is 0 Å². The Morgan fingerprint density at radius 1 is 1.32 bits per heavy atom. The molecule has 3 heterocycles. The number of carbonyl (C=O) groups excluding carboxylic acids is 3. The maximum Gasteiger partial charge on any atom is 0.310 e. The summed E-state index contributed by atoms with van der Waals surface area (Å²) >= 11 is 5.30. The van der Waals surface area contributed by atoms with E-state index in [0.717, 1.165) is 6.42 Å². The Labute approximate surface area is 236 Å². The lowest BCUT2D eigenvalue weighted by Crippen LogP contribution is -2.57. The van der Waals surface area contributed by atoms with E-state index in [0.29, 0.717) is 24.3 Å². The number of benzene rings is 1. The predicted molar refractivity (Wildman–Crippen MR) is 152 cm³/mol. The fraction of sp³-hybridized carbons (Fsp3) is 0.536. The second-order valence-corrected chi connectivity index (χ2v) is 12.7. The molecule has 3 unspecified atom stereocenters. The van der Waals surface area contributed by atoms with Crippen molar-refractivity contribution >= 4 is 51.2 Å². The molecule has 8 nitrogen and oxygen atoms in total. The number of rotatable bonds is 12. The molecule has 1 spiro atoms. The van der Waals surface area contributed by atoms with Gasteiger partial charge in [-0.05, 0) is 50.5 Å². The molecule has 3 saturated heterocycles. The molecule has 7 atom stereocenters. The minimum atomic E-state index is -0.863. The number of alkyl halides is 1. The lowest BCUT2D eigenvalue weighted by molar-refractivity contribution is -0.154. The number of aliphatic hydroxyl groups excluding tert-OH is 1. The molecule has 3 fully saturated rings. The number of esters is 1. The maximum atomic E-state index is 14.4. The van der Waals surface area contributed by atoms with Crippen LogP contribution in [0.2, 0.25) is 0 Å². The number of ether oxygens (including phenoxy) is 2. The van der Waals surface area contributed by atoms with E-state index in [-0.39, 0.29) is 41.6 Å². The van der Waals surface area contributed by atoms with Gasteiger partial charge in [-0.25, -0.2) is 0 Å². The Morgan fingerprint density at radius 3 is 2.63 bits per heavy atom. The Hall–Kier alpha value is -2.30. The van der Waals surface area contributed by atoms with E-state index in [1.807, 2.05) is 0 Å². The van der Waals surface area contributed by atoms with Crippen molar-refractivity contribution in [3.05, 3.63) is 49.6 Å². The molecule has 1 N–H and O–H groups in total. The summed E-state index contributed by atoms with van der Waals surface area (Å²) in [6.45, 7) is 9.45. The monoisotopic (exact) mass is 606 g/mol. The van der Waals surface area contributed by atoms with Crippen molar-refractivity contribution in [3.8, 4) is 5.75 Å². The van der Waals surface area contributed by atoms with Crippen molar-refractivity contribution in [2.75, 3.05) is 31.8 Å². The maximum absolute atomic E-state index is 14.4. The molecule has 0 radical (unpaired) electrons. The van der Waals surface area contributed by atoms with Crippen LogP contribution >= 0.6 is 27.7 Å². The molecule has 2 amide bonds. The molecule has 38 heavy (non-hydrogen) atoms. The van der Waals surface area contributed by atoms with Crippen LogP contribution in [-0.4, -0.2) is 81.6 Å². The third kappa shape index (κ3) is 4.79. The average Bonchev–Trinajstić information content (AvgIpc) is 3.52. The van der Waals surface area contributed by atoms with Gasteiger partial charge in [0.25, 0.3) is 5.91 Å². The van der Waals surface area contributed by atoms with Crippen molar-refractivity contribution in [2.45, 2.75) is 53.1 Å². The lowest BCUT2D eigenvalue weighted by Gasteiger charge is -2.39. The zero-order valence-electron chi connectivity index (χ0n) is 21.8. The molecular weight excluding hydrogens is 572 g/mol. The highest BCUT2D eigenvalue weighted by Gasteiger charge is 2.76. The summed E-state index contributed by atoms with van der Waals surface area (Å²) in [6.07, 6.45) is 5.35. The number of hydrogen-bond donors (Lipinski definition) is 1. The highest BCUT2D eigenvalue weighted by atomic mass is 79.9. The number of fused-ring (bicyclic) bond motifs is 1. The molecule has 1 aromatic rings. The number of halogens is 1. The zero-order chi connectivity index (χ0) is 27.6. The minimum absolute atomic E-state index is 0.0594. The van der Waals surface area contributed by atoms with E-state index >= 15 is 0 Å². The first-order valence-corrected chi connectivity index (χ1v) is 14.6. The third-order valence-corrected chi connectivity index (χ3v) is 11.0. The number of amides is 2. The number of methoxy groups -OCH3 is 1. The summed E-state index contributed by atoms with van der Waals surface area (Å²) in [5.74, 6) is -1.66. The topological polar surface area (TPSA) is 96.4 Å². The van der Waals surface area contributed by atoms with E-state index in [1.165, 1.54) is 4.90 Å². The number of anilines is 1. The number of nitrogens with zero attached hydrogens (tertiary/aromatic N) is 2. The van der Waals surface area contributed by atoms with Crippen molar-refractivity contribution in [2.24, 2.45) is 11.8 Å². The van der Waals surface area contributed by atoms with Gasteiger partial charge in [-0.1, -0.05) is 28.1 Å². The highest BCUT2D eigenvalue weighted by molar-refractivity contribution is 9.09. The zero-order valence-corrected chi connectivity index (χ0v) is 24.2. The number of unbranched alkanes of at least 4 members (excludes halogenated alkanes) is 1. The number of likely N-dealkylation sites (tertiary alicyclic amines) is 1. The quantitative estimate of drug-likeness (QED) is 0.168. The smallest absolute Gasteiger partial charge is 0.310 e. The van der Waals surface area contributed by atoms with Crippen LogP contribution < -0.4 is 9.64 Å². The Morgan fingerprint density at radius 2 is 2.03 bits per heavy atom. The van der Waals surface area contributed by atoms with Crippen LogP contribution in [0.25, 0.3) is 0 Å². The van der Waals surface area contributed by atoms with Crippen LogP contribution in [0, 0.1) is 11.8 Å². The molecule has 206 valence electrons. The van der Waals surface area contributed by atoms with Crippen molar-refractivity contribution in [3.63, 3.8) is 0 Å². The fourth-order valence-electron chi connectivity index (χ4n) is 6.04. The molecule has 0 saturated carbocycles. The number of thioether (sulfide) groups is 1. The second-order valence-electron chi connectivity index (χ2n) is 9.97. The van der Waals surface area contributed by atoms with Gasteiger partial charge in [0, 0.05) is 22.3 Å². The second kappa shape index (κ2) is 11.8. The van der Waals surface area contributed by atoms with Gasteiger partial charge in [0.05, 0.1) is 42.9 Å². The van der Waals surface area contributed by atoms with Crippen LogP contribution in [0.1, 0.15) is 26.2 Å². The van der Waals surface area contributed by atoms with Crippen LogP contribution in [0.3, 0.4) is 0 Å². The summed E-state index contributed by atoms with van der Waals surface area (Å²) in [7, 11) is 1.57. The molecule has 0 aliphatic carbocycles. The van der Waals surface area contributed by atoms with Gasteiger partial charge >= 0.3 is 5.97 Å². The molecule has 3 aliphatic heterocycles. The van der Waals surface area contributed by atoms with Gasteiger partial charge in [0.1, 0.15) is 11.8 Å².